The minimum Gasteiger partial charge on any atom is -0.324 e. The zero-order valence-corrected chi connectivity index (χ0v) is 11.8. The average Bonchev–Trinajstić information content (AvgIpc) is 2.42. The second kappa shape index (κ2) is 3.73. The van der Waals surface area contributed by atoms with Crippen LogP contribution in [0.3, 0.4) is 0 Å². The first-order valence-electron chi connectivity index (χ1n) is 6.17. The summed E-state index contributed by atoms with van der Waals surface area (Å²) in [5, 5.41) is 0. The molecule has 0 aliphatic heterocycles. The molecule has 0 radical (unpaired) electrons. The van der Waals surface area contributed by atoms with E-state index >= 15 is 0 Å². The van der Waals surface area contributed by atoms with Crippen LogP contribution < -0.4 is 0 Å². The van der Waals surface area contributed by atoms with Crippen molar-refractivity contribution in [2.75, 3.05) is 0 Å². The molecular weight excluding hydrogens is 216 g/mol. The van der Waals surface area contributed by atoms with Gasteiger partial charge in [0, 0.05) is 29.9 Å². The quantitative estimate of drug-likeness (QED) is 0.677. The van der Waals surface area contributed by atoms with Crippen LogP contribution >= 0.6 is 12.2 Å². The van der Waals surface area contributed by atoms with Crippen LogP contribution in [0.25, 0.3) is 0 Å². The van der Waals surface area contributed by atoms with Gasteiger partial charge in [-0.3, -0.25) is 0 Å². The number of aromatic nitrogens is 2. The standard InChI is InChI=1S/C13H22N2S/c1-9(2)15-11-10(14(5)12(15)16)7-6-8-13(11,3)4/h9H,6-8H2,1-5H3. The summed E-state index contributed by atoms with van der Waals surface area (Å²) in [5.41, 5.74) is 3.20. The van der Waals surface area contributed by atoms with Crippen molar-refractivity contribution in [1.29, 1.82) is 0 Å². The van der Waals surface area contributed by atoms with Crippen molar-refractivity contribution in [3.8, 4) is 0 Å². The predicted molar refractivity (Wildman–Crippen MR) is 70.6 cm³/mol. The first kappa shape index (κ1) is 11.9. The van der Waals surface area contributed by atoms with E-state index in [1.165, 1.54) is 30.7 Å². The van der Waals surface area contributed by atoms with Gasteiger partial charge in [0.05, 0.1) is 0 Å². The lowest BCUT2D eigenvalue weighted by atomic mass is 9.77. The Bertz CT molecular complexity index is 463. The third-order valence-electron chi connectivity index (χ3n) is 3.78. The molecule has 0 fully saturated rings. The lowest BCUT2D eigenvalue weighted by molar-refractivity contribution is 0.385. The summed E-state index contributed by atoms with van der Waals surface area (Å²) in [6.45, 7) is 9.14. The molecular formula is C13H22N2S. The van der Waals surface area contributed by atoms with E-state index in [2.05, 4.69) is 43.9 Å². The fraction of sp³-hybridized carbons (Fsp3) is 0.769. The zero-order valence-electron chi connectivity index (χ0n) is 11.0. The number of nitrogens with zero attached hydrogens (tertiary/aromatic N) is 2. The van der Waals surface area contributed by atoms with Gasteiger partial charge in [-0.2, -0.15) is 0 Å². The van der Waals surface area contributed by atoms with Gasteiger partial charge < -0.3 is 9.13 Å². The molecule has 0 saturated heterocycles. The highest BCUT2D eigenvalue weighted by Crippen LogP contribution is 2.38. The molecule has 0 atom stereocenters. The second-order valence-electron chi connectivity index (χ2n) is 5.84. The highest BCUT2D eigenvalue weighted by Gasteiger charge is 2.33. The summed E-state index contributed by atoms with van der Waals surface area (Å²) in [4.78, 5) is 0. The van der Waals surface area contributed by atoms with Crippen LogP contribution in [0.2, 0.25) is 0 Å². The first-order valence-corrected chi connectivity index (χ1v) is 6.57. The molecule has 0 bridgehead atoms. The Morgan fingerprint density at radius 2 is 1.94 bits per heavy atom. The number of hydrogen-bond donors (Lipinski definition) is 0. The van der Waals surface area contributed by atoms with E-state index in [-0.39, 0.29) is 5.41 Å². The van der Waals surface area contributed by atoms with E-state index in [1.54, 1.807) is 0 Å². The monoisotopic (exact) mass is 238 g/mol. The molecule has 0 N–H and O–H groups in total. The number of hydrogen-bond acceptors (Lipinski definition) is 1. The Hall–Kier alpha value is -0.570. The van der Waals surface area contributed by atoms with Gasteiger partial charge in [-0.25, -0.2) is 0 Å². The fourth-order valence-corrected chi connectivity index (χ4v) is 3.38. The minimum atomic E-state index is 0.271. The molecule has 0 unspecified atom stereocenters. The summed E-state index contributed by atoms with van der Waals surface area (Å²) >= 11 is 5.57. The molecule has 90 valence electrons. The largest absolute Gasteiger partial charge is 0.324 e. The molecule has 0 aromatic carbocycles. The Kier molecular flexibility index (Phi) is 2.77. The molecule has 2 rings (SSSR count). The van der Waals surface area contributed by atoms with Gasteiger partial charge in [-0.05, 0) is 45.3 Å². The Morgan fingerprint density at radius 1 is 1.31 bits per heavy atom. The van der Waals surface area contributed by atoms with Crippen LogP contribution in [-0.4, -0.2) is 9.13 Å². The van der Waals surface area contributed by atoms with Gasteiger partial charge in [0.1, 0.15) is 0 Å². The number of imidazole rings is 1. The highest BCUT2D eigenvalue weighted by molar-refractivity contribution is 7.71. The Labute approximate surface area is 103 Å². The van der Waals surface area contributed by atoms with Crippen LogP contribution in [0, 0.1) is 4.77 Å². The molecule has 1 aliphatic carbocycles. The van der Waals surface area contributed by atoms with Gasteiger partial charge >= 0.3 is 0 Å². The molecule has 3 heteroatoms. The zero-order chi connectivity index (χ0) is 12.1. The molecule has 0 spiro atoms. The SMILES string of the molecule is CC(C)n1c2c(n(C)c1=S)CCCC2(C)C. The molecule has 0 saturated carbocycles. The molecule has 1 aromatic heterocycles. The van der Waals surface area contributed by atoms with Crippen molar-refractivity contribution in [2.24, 2.45) is 7.05 Å². The maximum absolute atomic E-state index is 5.57. The van der Waals surface area contributed by atoms with Crippen molar-refractivity contribution in [3.63, 3.8) is 0 Å². The molecule has 2 nitrogen and oxygen atoms in total. The van der Waals surface area contributed by atoms with Crippen molar-refractivity contribution in [1.82, 2.24) is 9.13 Å². The van der Waals surface area contributed by atoms with Gasteiger partial charge in [0.15, 0.2) is 4.77 Å². The van der Waals surface area contributed by atoms with Gasteiger partial charge in [0.2, 0.25) is 0 Å². The summed E-state index contributed by atoms with van der Waals surface area (Å²) in [6.07, 6.45) is 3.73. The topological polar surface area (TPSA) is 9.86 Å². The third kappa shape index (κ3) is 1.56. The number of fused-ring (bicyclic) bond motifs is 1. The third-order valence-corrected chi connectivity index (χ3v) is 4.26. The van der Waals surface area contributed by atoms with Gasteiger partial charge in [-0.15, -0.1) is 0 Å². The van der Waals surface area contributed by atoms with Crippen LogP contribution in [0.4, 0.5) is 0 Å². The molecule has 16 heavy (non-hydrogen) atoms. The first-order chi connectivity index (χ1) is 7.36. The van der Waals surface area contributed by atoms with Crippen molar-refractivity contribution < 1.29 is 0 Å². The Balaban J connectivity index is 2.77. The van der Waals surface area contributed by atoms with Crippen molar-refractivity contribution in [3.05, 3.63) is 16.2 Å². The van der Waals surface area contributed by atoms with Crippen LogP contribution in [-0.2, 0) is 18.9 Å². The number of rotatable bonds is 1. The van der Waals surface area contributed by atoms with Gasteiger partial charge in [0.25, 0.3) is 0 Å². The molecule has 1 aromatic rings. The maximum atomic E-state index is 5.57. The van der Waals surface area contributed by atoms with E-state index in [0.717, 1.165) is 4.77 Å². The fourth-order valence-electron chi connectivity index (χ4n) is 2.97. The highest BCUT2D eigenvalue weighted by atomic mass is 32.1. The Morgan fingerprint density at radius 3 is 2.50 bits per heavy atom. The van der Waals surface area contributed by atoms with Gasteiger partial charge in [-0.1, -0.05) is 13.8 Å². The summed E-state index contributed by atoms with van der Waals surface area (Å²) in [6, 6.07) is 0.458. The van der Waals surface area contributed by atoms with Crippen LogP contribution in [0.5, 0.6) is 0 Å². The maximum Gasteiger partial charge on any atom is 0.180 e. The molecule has 1 heterocycles. The summed E-state index contributed by atoms with van der Waals surface area (Å²) in [5.74, 6) is 0. The minimum absolute atomic E-state index is 0.271. The van der Waals surface area contributed by atoms with Crippen LogP contribution in [0.15, 0.2) is 0 Å². The second-order valence-corrected chi connectivity index (χ2v) is 6.20. The average molecular weight is 238 g/mol. The van der Waals surface area contributed by atoms with E-state index in [4.69, 9.17) is 12.2 Å². The lowest BCUT2D eigenvalue weighted by Gasteiger charge is -2.32. The van der Waals surface area contributed by atoms with Crippen molar-refractivity contribution >= 4 is 12.2 Å². The van der Waals surface area contributed by atoms with E-state index in [0.29, 0.717) is 6.04 Å². The predicted octanol–water partition coefficient (Wildman–Crippen LogP) is 3.75. The smallest absolute Gasteiger partial charge is 0.180 e. The van der Waals surface area contributed by atoms with Crippen molar-refractivity contribution in [2.45, 2.75) is 58.4 Å². The lowest BCUT2D eigenvalue weighted by Crippen LogP contribution is -2.28. The normalized spacial score (nSPS) is 18.9. The summed E-state index contributed by atoms with van der Waals surface area (Å²) < 4.78 is 5.55. The summed E-state index contributed by atoms with van der Waals surface area (Å²) in [7, 11) is 2.11. The van der Waals surface area contributed by atoms with E-state index in [9.17, 15) is 0 Å². The molecule has 0 amide bonds. The molecule has 1 aliphatic rings. The van der Waals surface area contributed by atoms with E-state index < -0.39 is 0 Å². The van der Waals surface area contributed by atoms with E-state index in [1.807, 2.05) is 0 Å². The van der Waals surface area contributed by atoms with Crippen LogP contribution in [0.1, 0.15) is 58.0 Å².